The number of halogens is 1. The predicted molar refractivity (Wildman–Crippen MR) is 89.3 cm³/mol. The fourth-order valence-corrected chi connectivity index (χ4v) is 4.96. The third-order valence-corrected chi connectivity index (χ3v) is 6.73. The lowest BCUT2D eigenvalue weighted by Gasteiger charge is -2.30. The summed E-state index contributed by atoms with van der Waals surface area (Å²) in [6.45, 7) is 0. The second-order valence-corrected chi connectivity index (χ2v) is 8.63. The third-order valence-electron chi connectivity index (χ3n) is 4.84. The molecule has 1 aromatic rings. The van der Waals surface area contributed by atoms with Gasteiger partial charge in [-0.2, -0.15) is 17.4 Å². The number of rotatable bonds is 5. The monoisotopic (exact) mass is 342 g/mol. The van der Waals surface area contributed by atoms with Crippen LogP contribution in [0.25, 0.3) is 0 Å². The van der Waals surface area contributed by atoms with Crippen molar-refractivity contribution in [3.05, 3.63) is 34.9 Å². The first-order valence-electron chi connectivity index (χ1n) is 7.98. The van der Waals surface area contributed by atoms with E-state index in [0.717, 1.165) is 37.7 Å². The van der Waals surface area contributed by atoms with Crippen LogP contribution in [0.1, 0.15) is 50.0 Å². The van der Waals surface area contributed by atoms with Crippen LogP contribution in [0.2, 0.25) is 5.02 Å². The Morgan fingerprint density at radius 3 is 2.64 bits per heavy atom. The van der Waals surface area contributed by atoms with E-state index in [-0.39, 0.29) is 18.0 Å². The highest BCUT2D eigenvalue weighted by atomic mass is 35.5. The molecule has 0 heterocycles. The Bertz CT molecular complexity index is 629. The van der Waals surface area contributed by atoms with Crippen LogP contribution in [0.3, 0.4) is 0 Å². The van der Waals surface area contributed by atoms with Gasteiger partial charge in [0.15, 0.2) is 0 Å². The molecule has 1 N–H and O–H groups in total. The lowest BCUT2D eigenvalue weighted by molar-refractivity contribution is 0.283. The number of nitrogens with one attached hydrogen (secondary N) is 1. The van der Waals surface area contributed by atoms with Gasteiger partial charge in [-0.05, 0) is 37.0 Å². The van der Waals surface area contributed by atoms with Crippen molar-refractivity contribution >= 4 is 21.8 Å². The summed E-state index contributed by atoms with van der Waals surface area (Å²) in [4.78, 5) is 0. The maximum atomic E-state index is 12.5. The van der Waals surface area contributed by atoms with Crippen LogP contribution < -0.4 is 4.72 Å². The normalized spacial score (nSPS) is 26.3. The lowest BCUT2D eigenvalue weighted by Crippen LogP contribution is -2.45. The van der Waals surface area contributed by atoms with Crippen molar-refractivity contribution in [2.45, 2.75) is 56.5 Å². The van der Waals surface area contributed by atoms with Gasteiger partial charge >= 0.3 is 0 Å². The van der Waals surface area contributed by atoms with E-state index in [2.05, 4.69) is 4.72 Å². The molecule has 2 fully saturated rings. The smallest absolute Gasteiger partial charge is 0.198 e. The molecule has 1 aromatic carbocycles. The van der Waals surface area contributed by atoms with Crippen molar-refractivity contribution in [2.24, 2.45) is 0 Å². The van der Waals surface area contributed by atoms with Crippen molar-refractivity contribution < 1.29 is 8.42 Å². The number of hydrogen-bond acceptors (Lipinski definition) is 2. The van der Waals surface area contributed by atoms with Crippen LogP contribution >= 0.6 is 11.6 Å². The molecule has 0 radical (unpaired) electrons. The highest BCUT2D eigenvalue weighted by Gasteiger charge is 2.42. The molecule has 0 saturated heterocycles. The Morgan fingerprint density at radius 2 is 1.95 bits per heavy atom. The minimum absolute atomic E-state index is 0.00509. The average Bonchev–Trinajstić information content (AvgIpc) is 3.26. The lowest BCUT2D eigenvalue weighted by atomic mass is 9.96. The zero-order chi connectivity index (χ0) is 15.7. The summed E-state index contributed by atoms with van der Waals surface area (Å²) in [6, 6.07) is 7.82. The van der Waals surface area contributed by atoms with Crippen LogP contribution in [0, 0.1) is 0 Å². The van der Waals surface area contributed by atoms with E-state index in [1.54, 1.807) is 11.4 Å². The van der Waals surface area contributed by atoms with Gasteiger partial charge in [-0.1, -0.05) is 43.0 Å². The van der Waals surface area contributed by atoms with Gasteiger partial charge < -0.3 is 0 Å². The van der Waals surface area contributed by atoms with Crippen molar-refractivity contribution in [2.75, 3.05) is 7.05 Å². The predicted octanol–water partition coefficient (Wildman–Crippen LogP) is 3.29. The van der Waals surface area contributed by atoms with Gasteiger partial charge in [0.2, 0.25) is 0 Å². The summed E-state index contributed by atoms with van der Waals surface area (Å²) in [6.07, 6.45) is 6.26. The minimum atomic E-state index is -3.40. The summed E-state index contributed by atoms with van der Waals surface area (Å²) in [5.74, 6) is 0.244. The molecule has 2 saturated carbocycles. The Kier molecular flexibility index (Phi) is 4.78. The Hall–Kier alpha value is -0.620. The van der Waals surface area contributed by atoms with E-state index in [1.165, 1.54) is 6.42 Å². The number of nitrogens with zero attached hydrogens (tertiary/aromatic N) is 1. The van der Waals surface area contributed by atoms with E-state index in [0.29, 0.717) is 5.02 Å². The summed E-state index contributed by atoms with van der Waals surface area (Å²) in [5, 5.41) is 0.699. The molecular formula is C16H23ClN2O2S. The quantitative estimate of drug-likeness (QED) is 0.892. The topological polar surface area (TPSA) is 49.4 Å². The molecule has 0 aliphatic heterocycles. The molecule has 2 aliphatic carbocycles. The first kappa shape index (κ1) is 16.2. The van der Waals surface area contributed by atoms with Gasteiger partial charge in [0.1, 0.15) is 0 Å². The standard InChI is InChI=1S/C16H23ClN2O2S/c1-19(14-8-3-2-4-9-14)22(20,21)18-16-11-15(16)12-6-5-7-13(17)10-12/h5-7,10,14-16,18H,2-4,8-9,11H2,1H3/t15-,16+/m1/s1. The fourth-order valence-electron chi connectivity index (χ4n) is 3.35. The molecular weight excluding hydrogens is 320 g/mol. The Labute approximate surface area is 138 Å². The van der Waals surface area contributed by atoms with Crippen LogP contribution in [0.4, 0.5) is 0 Å². The van der Waals surface area contributed by atoms with Crippen LogP contribution in [-0.4, -0.2) is 31.9 Å². The molecule has 0 bridgehead atoms. The van der Waals surface area contributed by atoms with Crippen molar-refractivity contribution in [3.63, 3.8) is 0 Å². The zero-order valence-corrected chi connectivity index (χ0v) is 14.4. The molecule has 0 unspecified atom stereocenters. The third kappa shape index (κ3) is 3.65. The maximum Gasteiger partial charge on any atom is 0.279 e. The van der Waals surface area contributed by atoms with E-state index in [4.69, 9.17) is 11.6 Å². The molecule has 0 amide bonds. The van der Waals surface area contributed by atoms with Crippen LogP contribution in [0.15, 0.2) is 24.3 Å². The molecule has 0 spiro atoms. The Balaban J connectivity index is 1.61. The van der Waals surface area contributed by atoms with Gasteiger partial charge in [-0.15, -0.1) is 0 Å². The van der Waals surface area contributed by atoms with Crippen LogP contribution in [0.5, 0.6) is 0 Å². The van der Waals surface area contributed by atoms with E-state index < -0.39 is 10.2 Å². The van der Waals surface area contributed by atoms with Gasteiger partial charge in [-0.3, -0.25) is 0 Å². The van der Waals surface area contributed by atoms with Crippen molar-refractivity contribution in [1.82, 2.24) is 9.03 Å². The SMILES string of the molecule is CN(C1CCCCC1)S(=O)(=O)N[C@H]1C[C@@H]1c1cccc(Cl)c1. The van der Waals surface area contributed by atoms with Gasteiger partial charge in [0.25, 0.3) is 10.2 Å². The highest BCUT2D eigenvalue weighted by molar-refractivity contribution is 7.87. The molecule has 122 valence electrons. The molecule has 4 nitrogen and oxygen atoms in total. The van der Waals surface area contributed by atoms with Gasteiger partial charge in [0, 0.05) is 30.1 Å². The largest absolute Gasteiger partial charge is 0.279 e. The zero-order valence-electron chi connectivity index (χ0n) is 12.8. The highest BCUT2D eigenvalue weighted by Crippen LogP contribution is 2.42. The second kappa shape index (κ2) is 6.48. The summed E-state index contributed by atoms with van der Waals surface area (Å²) in [7, 11) is -1.69. The summed E-state index contributed by atoms with van der Waals surface area (Å²) >= 11 is 6.00. The summed E-state index contributed by atoms with van der Waals surface area (Å²) in [5.41, 5.74) is 1.11. The average molecular weight is 343 g/mol. The van der Waals surface area contributed by atoms with E-state index in [9.17, 15) is 8.42 Å². The minimum Gasteiger partial charge on any atom is -0.198 e. The number of benzene rings is 1. The summed E-state index contributed by atoms with van der Waals surface area (Å²) < 4.78 is 29.4. The molecule has 2 atom stereocenters. The molecule has 6 heteroatoms. The van der Waals surface area contributed by atoms with Crippen molar-refractivity contribution in [3.8, 4) is 0 Å². The van der Waals surface area contributed by atoms with E-state index >= 15 is 0 Å². The maximum absolute atomic E-state index is 12.5. The first-order valence-corrected chi connectivity index (χ1v) is 9.80. The number of hydrogen-bond donors (Lipinski definition) is 1. The molecule has 0 aromatic heterocycles. The molecule has 3 rings (SSSR count). The van der Waals surface area contributed by atoms with Gasteiger partial charge in [-0.25, -0.2) is 0 Å². The van der Waals surface area contributed by atoms with E-state index in [1.807, 2.05) is 24.3 Å². The molecule has 22 heavy (non-hydrogen) atoms. The Morgan fingerprint density at radius 1 is 1.23 bits per heavy atom. The molecule has 2 aliphatic rings. The van der Waals surface area contributed by atoms with Crippen LogP contribution in [-0.2, 0) is 10.2 Å². The van der Waals surface area contributed by atoms with Gasteiger partial charge in [0.05, 0.1) is 0 Å². The first-order chi connectivity index (χ1) is 10.5. The van der Waals surface area contributed by atoms with Crippen molar-refractivity contribution in [1.29, 1.82) is 0 Å². The second-order valence-electron chi connectivity index (χ2n) is 6.43. The fraction of sp³-hybridized carbons (Fsp3) is 0.625.